The van der Waals surface area contributed by atoms with E-state index in [1.54, 1.807) is 0 Å². The first-order valence-corrected chi connectivity index (χ1v) is 27.8. The molecule has 1 unspecified atom stereocenters. The molecule has 0 aromatic heterocycles. The van der Waals surface area contributed by atoms with Crippen molar-refractivity contribution < 1.29 is 28.6 Å². The Morgan fingerprint density at radius 3 is 1.04 bits per heavy atom. The Kier molecular flexibility index (Phi) is 53.1. The number of hydrogen-bond donors (Lipinski definition) is 0. The molecule has 0 bridgehead atoms. The molecule has 0 spiro atoms. The van der Waals surface area contributed by atoms with E-state index in [0.29, 0.717) is 12.8 Å². The van der Waals surface area contributed by atoms with Gasteiger partial charge >= 0.3 is 17.9 Å². The molecule has 0 heterocycles. The van der Waals surface area contributed by atoms with Gasteiger partial charge in [0.05, 0.1) is 0 Å². The number of carbonyl (C=O) groups is 3. The molecule has 6 heteroatoms. The maximum Gasteiger partial charge on any atom is 0.306 e. The van der Waals surface area contributed by atoms with Crippen LogP contribution in [0.2, 0.25) is 0 Å². The van der Waals surface area contributed by atoms with Crippen molar-refractivity contribution in [1.29, 1.82) is 0 Å². The molecular formula is C65H98O6. The Hall–Kier alpha value is -5.23. The summed E-state index contributed by atoms with van der Waals surface area (Å²) in [4.78, 5) is 38.2. The fourth-order valence-corrected chi connectivity index (χ4v) is 6.86. The average molecular weight is 975 g/mol. The lowest BCUT2D eigenvalue weighted by molar-refractivity contribution is -0.167. The van der Waals surface area contributed by atoms with Gasteiger partial charge in [0.2, 0.25) is 0 Å². The van der Waals surface area contributed by atoms with E-state index in [1.807, 2.05) is 72.9 Å². The molecule has 0 amide bonds. The van der Waals surface area contributed by atoms with Gasteiger partial charge in [-0.1, -0.05) is 255 Å². The summed E-state index contributed by atoms with van der Waals surface area (Å²) in [7, 11) is 0. The molecule has 394 valence electrons. The summed E-state index contributed by atoms with van der Waals surface area (Å²) >= 11 is 0. The van der Waals surface area contributed by atoms with Crippen molar-refractivity contribution in [2.45, 2.75) is 207 Å². The first-order chi connectivity index (χ1) is 35.0. The van der Waals surface area contributed by atoms with Gasteiger partial charge in [0.15, 0.2) is 6.10 Å². The summed E-state index contributed by atoms with van der Waals surface area (Å²) in [6.45, 7) is 6.25. The van der Waals surface area contributed by atoms with Gasteiger partial charge in [-0.25, -0.2) is 0 Å². The third-order valence-corrected chi connectivity index (χ3v) is 11.0. The second-order valence-corrected chi connectivity index (χ2v) is 17.6. The largest absolute Gasteiger partial charge is 0.462 e. The lowest BCUT2D eigenvalue weighted by Gasteiger charge is -2.18. The van der Waals surface area contributed by atoms with Crippen LogP contribution >= 0.6 is 0 Å². The van der Waals surface area contributed by atoms with E-state index in [1.165, 1.54) is 32.1 Å². The predicted octanol–water partition coefficient (Wildman–Crippen LogP) is 18.8. The van der Waals surface area contributed by atoms with Crippen molar-refractivity contribution in [3.63, 3.8) is 0 Å². The smallest absolute Gasteiger partial charge is 0.306 e. The maximum absolute atomic E-state index is 12.9. The van der Waals surface area contributed by atoms with E-state index < -0.39 is 6.10 Å². The number of hydrogen-bond acceptors (Lipinski definition) is 6. The van der Waals surface area contributed by atoms with Crippen molar-refractivity contribution in [1.82, 2.24) is 0 Å². The van der Waals surface area contributed by atoms with Crippen LogP contribution in [0.1, 0.15) is 201 Å². The molecule has 0 N–H and O–H groups in total. The SMILES string of the molecule is CC\C=C/C=C\C=C/C=C\C=C\C=C/C=C\CCCCCC(=O)OCC(COC(=O)CCCCCCCC/C=C\C/C=C\C/C=C\CC)OC(=O)CCCCCCC\C=C/C=C\C=C/C=C\CCCCC. The number of rotatable bonds is 47. The third-order valence-electron chi connectivity index (χ3n) is 11.0. The molecule has 0 aromatic carbocycles. The fraction of sp³-hybridized carbons (Fsp3) is 0.523. The monoisotopic (exact) mass is 975 g/mol. The van der Waals surface area contributed by atoms with E-state index >= 15 is 0 Å². The molecule has 0 aliphatic rings. The highest BCUT2D eigenvalue weighted by atomic mass is 16.6. The lowest BCUT2D eigenvalue weighted by atomic mass is 10.1. The van der Waals surface area contributed by atoms with Gasteiger partial charge in [0.25, 0.3) is 0 Å². The number of ether oxygens (including phenoxy) is 3. The molecule has 1 atom stereocenters. The quantitative estimate of drug-likeness (QED) is 0.0199. The number of allylic oxidation sites excluding steroid dienone is 28. The molecular weight excluding hydrogens is 877 g/mol. The number of unbranched alkanes of at least 4 members (excludes halogenated alkanes) is 17. The standard InChI is InChI=1S/C65H98O6/c1-4-7-10-13-16-19-22-25-28-31-33-35-37-40-43-46-49-52-55-58-64(67)70-61-62(60-69-63(66)57-54-51-48-45-42-39-36-30-27-24-21-18-15-12-9-6-3)71-65(68)59-56-53-50-47-44-41-38-34-32-29-26-23-20-17-14-11-8-5-2/h7,9-10,12-13,16-23,25-35,37-38,40,43,62H,4-6,8,11,14-15,24,36,39,41-42,44-61H2,1-3H3/b10-7-,12-9-,16-13-,20-17-,21-18-,22-19-,26-23-,28-25-,30-27-,32-29-,33-31+,37-35-,38-34-,43-40-. The molecule has 0 aromatic rings. The Morgan fingerprint density at radius 1 is 0.310 bits per heavy atom. The highest BCUT2D eigenvalue weighted by Gasteiger charge is 2.19. The predicted molar refractivity (Wildman–Crippen MR) is 306 cm³/mol. The van der Waals surface area contributed by atoms with Crippen LogP contribution in [0.5, 0.6) is 0 Å². The van der Waals surface area contributed by atoms with E-state index in [-0.39, 0.29) is 44.0 Å². The first kappa shape index (κ1) is 65.8. The molecule has 0 aliphatic carbocycles. The van der Waals surface area contributed by atoms with E-state index in [9.17, 15) is 14.4 Å². The Bertz CT molecular complexity index is 1690. The molecule has 0 saturated carbocycles. The average Bonchev–Trinajstić information content (AvgIpc) is 3.37. The van der Waals surface area contributed by atoms with Crippen LogP contribution in [-0.2, 0) is 28.6 Å². The summed E-state index contributed by atoms with van der Waals surface area (Å²) in [5, 5.41) is 0. The summed E-state index contributed by atoms with van der Waals surface area (Å²) in [6.07, 6.45) is 84.6. The zero-order valence-electron chi connectivity index (χ0n) is 44.9. The summed E-state index contributed by atoms with van der Waals surface area (Å²) in [5.41, 5.74) is 0. The zero-order chi connectivity index (χ0) is 51.4. The third kappa shape index (κ3) is 55.6. The Labute approximate surface area is 434 Å². The minimum absolute atomic E-state index is 0.119. The molecule has 6 nitrogen and oxygen atoms in total. The minimum Gasteiger partial charge on any atom is -0.462 e. The van der Waals surface area contributed by atoms with Crippen molar-refractivity contribution in [3.8, 4) is 0 Å². The first-order valence-electron chi connectivity index (χ1n) is 27.8. The maximum atomic E-state index is 12.9. The molecule has 0 fully saturated rings. The van der Waals surface area contributed by atoms with Gasteiger partial charge in [-0.3, -0.25) is 14.4 Å². The summed E-state index contributed by atoms with van der Waals surface area (Å²) in [5.74, 6) is -1.01. The zero-order valence-corrected chi connectivity index (χ0v) is 44.9. The van der Waals surface area contributed by atoms with Crippen molar-refractivity contribution in [3.05, 3.63) is 170 Å². The lowest BCUT2D eigenvalue weighted by Crippen LogP contribution is -2.30. The van der Waals surface area contributed by atoms with Gasteiger partial charge in [-0.2, -0.15) is 0 Å². The Morgan fingerprint density at radius 2 is 0.620 bits per heavy atom. The van der Waals surface area contributed by atoms with Crippen LogP contribution in [0, 0.1) is 0 Å². The van der Waals surface area contributed by atoms with Crippen LogP contribution in [0.25, 0.3) is 0 Å². The fourth-order valence-electron chi connectivity index (χ4n) is 6.86. The Balaban J connectivity index is 4.62. The van der Waals surface area contributed by atoms with Crippen molar-refractivity contribution in [2.75, 3.05) is 13.2 Å². The van der Waals surface area contributed by atoms with Gasteiger partial charge in [-0.05, 0) is 96.3 Å². The highest BCUT2D eigenvalue weighted by molar-refractivity contribution is 5.71. The highest BCUT2D eigenvalue weighted by Crippen LogP contribution is 2.13. The van der Waals surface area contributed by atoms with Crippen LogP contribution in [0.3, 0.4) is 0 Å². The van der Waals surface area contributed by atoms with E-state index in [2.05, 4.69) is 118 Å². The number of carbonyl (C=O) groups excluding carboxylic acids is 3. The molecule has 0 radical (unpaired) electrons. The van der Waals surface area contributed by atoms with Crippen molar-refractivity contribution >= 4 is 17.9 Å². The molecule has 0 rings (SSSR count). The normalized spacial score (nSPS) is 13.5. The summed E-state index contributed by atoms with van der Waals surface area (Å²) in [6, 6.07) is 0. The van der Waals surface area contributed by atoms with E-state index in [4.69, 9.17) is 14.2 Å². The second kappa shape index (κ2) is 57.3. The van der Waals surface area contributed by atoms with E-state index in [0.717, 1.165) is 122 Å². The summed E-state index contributed by atoms with van der Waals surface area (Å²) < 4.78 is 16.8. The molecule has 0 aliphatic heterocycles. The second-order valence-electron chi connectivity index (χ2n) is 17.6. The van der Waals surface area contributed by atoms with Crippen LogP contribution < -0.4 is 0 Å². The molecule has 0 saturated heterocycles. The van der Waals surface area contributed by atoms with Gasteiger partial charge < -0.3 is 14.2 Å². The van der Waals surface area contributed by atoms with Crippen LogP contribution in [0.4, 0.5) is 0 Å². The van der Waals surface area contributed by atoms with Gasteiger partial charge in [0, 0.05) is 19.3 Å². The topological polar surface area (TPSA) is 78.9 Å². The van der Waals surface area contributed by atoms with Gasteiger partial charge in [0.1, 0.15) is 13.2 Å². The van der Waals surface area contributed by atoms with Crippen molar-refractivity contribution in [2.24, 2.45) is 0 Å². The number of esters is 3. The van der Waals surface area contributed by atoms with Crippen LogP contribution in [-0.4, -0.2) is 37.2 Å². The minimum atomic E-state index is -0.826. The molecule has 71 heavy (non-hydrogen) atoms. The van der Waals surface area contributed by atoms with Gasteiger partial charge in [-0.15, -0.1) is 0 Å². The van der Waals surface area contributed by atoms with Crippen LogP contribution in [0.15, 0.2) is 170 Å².